The third kappa shape index (κ3) is 3.47. The molecule has 27 heavy (non-hydrogen) atoms. The van der Waals surface area contributed by atoms with Crippen LogP contribution in [0.2, 0.25) is 0 Å². The summed E-state index contributed by atoms with van der Waals surface area (Å²) >= 11 is 0. The lowest BCUT2D eigenvalue weighted by molar-refractivity contribution is 0.521. The molecule has 3 aromatic rings. The molecule has 2 aromatic carbocycles. The predicted octanol–water partition coefficient (Wildman–Crippen LogP) is 3.93. The number of anilines is 1. The molecule has 1 N–H and O–H groups in total. The Morgan fingerprint density at radius 1 is 1.04 bits per heavy atom. The summed E-state index contributed by atoms with van der Waals surface area (Å²) in [6.07, 6.45) is 2.55. The highest BCUT2D eigenvalue weighted by Crippen LogP contribution is 2.37. The number of hydrogen-bond acceptors (Lipinski definition) is 3. The molecule has 0 bridgehead atoms. The topological polar surface area (TPSA) is 56.4 Å². The van der Waals surface area contributed by atoms with Gasteiger partial charge in [0.25, 0.3) is 0 Å². The Balaban J connectivity index is 1.86. The zero-order valence-corrected chi connectivity index (χ0v) is 16.8. The van der Waals surface area contributed by atoms with Gasteiger partial charge in [0.2, 0.25) is 10.0 Å². The van der Waals surface area contributed by atoms with E-state index in [1.807, 2.05) is 24.3 Å². The fourth-order valence-electron chi connectivity index (χ4n) is 3.44. The fraction of sp³-hybridized carbons (Fsp3) is 0.333. The minimum Gasteiger partial charge on any atom is -0.374 e. The van der Waals surface area contributed by atoms with Crippen LogP contribution in [0, 0.1) is 5.92 Å². The van der Waals surface area contributed by atoms with Gasteiger partial charge in [-0.1, -0.05) is 18.2 Å². The largest absolute Gasteiger partial charge is 0.374 e. The summed E-state index contributed by atoms with van der Waals surface area (Å²) in [6.45, 7) is 0.993. The van der Waals surface area contributed by atoms with Gasteiger partial charge < -0.3 is 9.88 Å². The van der Waals surface area contributed by atoms with Crippen molar-refractivity contribution >= 4 is 26.6 Å². The molecule has 0 spiro atoms. The molecule has 1 fully saturated rings. The molecular weight excluding hydrogens is 358 g/mol. The lowest BCUT2D eigenvalue weighted by Crippen LogP contribution is -2.23. The smallest absolute Gasteiger partial charge is 0.242 e. The van der Waals surface area contributed by atoms with E-state index >= 15 is 0 Å². The first kappa shape index (κ1) is 18.1. The van der Waals surface area contributed by atoms with E-state index in [2.05, 4.69) is 29.1 Å². The third-order valence-corrected chi connectivity index (χ3v) is 7.02. The highest BCUT2D eigenvalue weighted by atomic mass is 32.2. The van der Waals surface area contributed by atoms with Crippen molar-refractivity contribution in [3.8, 4) is 11.3 Å². The summed E-state index contributed by atoms with van der Waals surface area (Å²) in [4.78, 5) is 6.00. The zero-order chi connectivity index (χ0) is 19.2. The van der Waals surface area contributed by atoms with Gasteiger partial charge in [0.1, 0.15) is 0 Å². The Kier molecular flexibility index (Phi) is 4.48. The second kappa shape index (κ2) is 6.69. The first-order chi connectivity index (χ1) is 12.9. The first-order valence-corrected chi connectivity index (χ1v) is 10.7. The summed E-state index contributed by atoms with van der Waals surface area (Å²) in [5.41, 5.74) is 3.94. The van der Waals surface area contributed by atoms with Crippen molar-refractivity contribution in [2.75, 3.05) is 32.6 Å². The van der Waals surface area contributed by atoms with Gasteiger partial charge in [0.15, 0.2) is 0 Å². The maximum absolute atomic E-state index is 12.7. The number of hydrogen-bond donors (Lipinski definition) is 1. The molecule has 1 saturated carbocycles. The van der Waals surface area contributed by atoms with Crippen LogP contribution in [0.25, 0.3) is 22.2 Å². The molecule has 5 nitrogen and oxygen atoms in total. The minimum atomic E-state index is -3.49. The fourth-order valence-corrected chi connectivity index (χ4v) is 4.37. The number of H-pyrrole nitrogens is 1. The lowest BCUT2D eigenvalue weighted by Gasteiger charge is -2.23. The van der Waals surface area contributed by atoms with Gasteiger partial charge in [-0.15, -0.1) is 0 Å². The van der Waals surface area contributed by atoms with Crippen LogP contribution in [0.1, 0.15) is 12.8 Å². The van der Waals surface area contributed by atoms with Crippen molar-refractivity contribution in [2.24, 2.45) is 5.92 Å². The Hall–Kier alpha value is -2.31. The van der Waals surface area contributed by atoms with Gasteiger partial charge in [-0.25, -0.2) is 12.7 Å². The van der Waals surface area contributed by atoms with Gasteiger partial charge in [-0.05, 0) is 49.1 Å². The highest BCUT2D eigenvalue weighted by molar-refractivity contribution is 7.89. The van der Waals surface area contributed by atoms with E-state index in [1.54, 1.807) is 26.2 Å². The maximum atomic E-state index is 12.7. The molecule has 1 aromatic heterocycles. The summed E-state index contributed by atoms with van der Waals surface area (Å²) in [6, 6.07) is 15.6. The van der Waals surface area contributed by atoms with Gasteiger partial charge in [-0.2, -0.15) is 0 Å². The van der Waals surface area contributed by atoms with E-state index in [9.17, 15) is 8.42 Å². The molecule has 0 aliphatic heterocycles. The average Bonchev–Trinajstić information content (AvgIpc) is 3.35. The van der Waals surface area contributed by atoms with Crippen molar-refractivity contribution in [3.05, 3.63) is 48.5 Å². The van der Waals surface area contributed by atoms with Crippen LogP contribution >= 0.6 is 0 Å². The van der Waals surface area contributed by atoms with E-state index < -0.39 is 10.0 Å². The molecule has 0 saturated heterocycles. The Morgan fingerprint density at radius 2 is 1.78 bits per heavy atom. The van der Waals surface area contributed by atoms with Crippen LogP contribution in [0.3, 0.4) is 0 Å². The molecule has 0 amide bonds. The van der Waals surface area contributed by atoms with Crippen LogP contribution < -0.4 is 4.90 Å². The van der Waals surface area contributed by atoms with Crippen LogP contribution in [0.15, 0.2) is 53.4 Å². The van der Waals surface area contributed by atoms with E-state index in [4.69, 9.17) is 0 Å². The number of nitrogens with zero attached hydrogens (tertiary/aromatic N) is 2. The maximum Gasteiger partial charge on any atom is 0.242 e. The summed E-state index contributed by atoms with van der Waals surface area (Å²) < 4.78 is 26.6. The number of benzene rings is 2. The second-order valence-corrected chi connectivity index (χ2v) is 9.71. The summed E-state index contributed by atoms with van der Waals surface area (Å²) in [5.74, 6) is 0.746. The van der Waals surface area contributed by atoms with Crippen molar-refractivity contribution in [2.45, 2.75) is 17.7 Å². The number of para-hydroxylation sites is 1. The van der Waals surface area contributed by atoms with Gasteiger partial charge in [0.05, 0.1) is 4.90 Å². The molecule has 6 heteroatoms. The molecular formula is C21H25N3O2S. The standard InChI is InChI=1S/C21H25N3O2S/c1-23(2)27(25,26)17-10-11-21(24(3)14-15-8-9-15)18(13-17)20-12-16-6-4-5-7-19(16)22-20/h4-7,10-13,15,22H,8-9,14H2,1-3H3. The van der Waals surface area contributed by atoms with Crippen molar-refractivity contribution in [3.63, 3.8) is 0 Å². The number of fused-ring (bicyclic) bond motifs is 1. The minimum absolute atomic E-state index is 0.310. The van der Waals surface area contributed by atoms with Crippen LogP contribution in [0.5, 0.6) is 0 Å². The molecule has 1 aliphatic carbocycles. The molecule has 0 radical (unpaired) electrons. The third-order valence-electron chi connectivity index (χ3n) is 5.21. The van der Waals surface area contributed by atoms with E-state index in [0.29, 0.717) is 4.90 Å². The first-order valence-electron chi connectivity index (χ1n) is 9.22. The molecule has 0 unspecified atom stereocenters. The number of aromatic nitrogens is 1. The van der Waals surface area contributed by atoms with Crippen molar-refractivity contribution in [1.29, 1.82) is 0 Å². The number of aromatic amines is 1. The zero-order valence-electron chi connectivity index (χ0n) is 15.9. The van der Waals surface area contributed by atoms with Gasteiger partial charge >= 0.3 is 0 Å². The average molecular weight is 384 g/mol. The van der Waals surface area contributed by atoms with Crippen molar-refractivity contribution < 1.29 is 8.42 Å². The van der Waals surface area contributed by atoms with E-state index in [0.717, 1.165) is 40.3 Å². The SMILES string of the molecule is CN(CC1CC1)c1ccc(S(=O)(=O)N(C)C)cc1-c1cc2ccccc2[nH]1. The monoisotopic (exact) mass is 383 g/mol. The van der Waals surface area contributed by atoms with Gasteiger partial charge in [-0.3, -0.25) is 0 Å². The molecule has 1 heterocycles. The number of sulfonamides is 1. The van der Waals surface area contributed by atoms with Crippen LogP contribution in [0.4, 0.5) is 5.69 Å². The predicted molar refractivity (Wildman–Crippen MR) is 111 cm³/mol. The Morgan fingerprint density at radius 3 is 2.44 bits per heavy atom. The Labute approximate surface area is 160 Å². The highest BCUT2D eigenvalue weighted by Gasteiger charge is 2.25. The van der Waals surface area contributed by atoms with E-state index in [-0.39, 0.29) is 0 Å². The molecule has 4 rings (SSSR count). The normalized spacial score (nSPS) is 14.8. The van der Waals surface area contributed by atoms with Crippen LogP contribution in [-0.2, 0) is 10.0 Å². The van der Waals surface area contributed by atoms with Crippen LogP contribution in [-0.4, -0.2) is 45.4 Å². The molecule has 0 atom stereocenters. The second-order valence-electron chi connectivity index (χ2n) is 7.56. The number of nitrogens with one attached hydrogen (secondary N) is 1. The Bertz CT molecular complexity index is 1050. The molecule has 142 valence electrons. The van der Waals surface area contributed by atoms with Gasteiger partial charge in [0, 0.05) is 55.5 Å². The summed E-state index contributed by atoms with van der Waals surface area (Å²) in [7, 11) is 1.71. The molecule has 1 aliphatic rings. The van der Waals surface area contributed by atoms with E-state index in [1.165, 1.54) is 17.1 Å². The quantitative estimate of drug-likeness (QED) is 0.702. The summed E-state index contributed by atoms with van der Waals surface area (Å²) in [5, 5.41) is 1.11. The van der Waals surface area contributed by atoms with Crippen molar-refractivity contribution in [1.82, 2.24) is 9.29 Å². The number of rotatable bonds is 6. The lowest BCUT2D eigenvalue weighted by atomic mass is 10.1.